The number of ether oxygens (including phenoxy) is 2. The fraction of sp³-hybridized carbons (Fsp3) is 0.611. The summed E-state index contributed by atoms with van der Waals surface area (Å²) < 4.78 is 25.9. The molecule has 4 heterocycles. The van der Waals surface area contributed by atoms with Gasteiger partial charge >= 0.3 is 0 Å². The molecule has 2 aromatic rings. The molecule has 0 bridgehead atoms. The second-order valence-electron chi connectivity index (χ2n) is 6.84. The molecule has 4 atom stereocenters. The SMILES string of the molecule is CC1CC(c2c[nH]c3nccc(O[C@H]4CNCC[C@H]4F)c23)CCO1. The molecule has 0 amide bonds. The average Bonchev–Trinajstić information content (AvgIpc) is 3.02. The molecule has 2 N–H and O–H groups in total. The van der Waals surface area contributed by atoms with Crippen LogP contribution in [-0.4, -0.2) is 48.0 Å². The number of aromatic nitrogens is 2. The van der Waals surface area contributed by atoms with Gasteiger partial charge in [0.2, 0.25) is 0 Å². The van der Waals surface area contributed by atoms with Crippen LogP contribution in [0.15, 0.2) is 18.5 Å². The van der Waals surface area contributed by atoms with Gasteiger partial charge in [-0.25, -0.2) is 9.37 Å². The lowest BCUT2D eigenvalue weighted by Gasteiger charge is -2.29. The van der Waals surface area contributed by atoms with Gasteiger partial charge in [0.25, 0.3) is 0 Å². The summed E-state index contributed by atoms with van der Waals surface area (Å²) in [5.74, 6) is 1.14. The lowest BCUT2D eigenvalue weighted by Crippen LogP contribution is -2.45. The van der Waals surface area contributed by atoms with Crippen LogP contribution in [0.5, 0.6) is 5.75 Å². The van der Waals surface area contributed by atoms with Crippen molar-refractivity contribution >= 4 is 11.0 Å². The van der Waals surface area contributed by atoms with E-state index in [9.17, 15) is 4.39 Å². The molecule has 2 aliphatic rings. The van der Waals surface area contributed by atoms with Gasteiger partial charge in [-0.1, -0.05) is 0 Å². The molecule has 0 spiro atoms. The van der Waals surface area contributed by atoms with Crippen LogP contribution in [0.25, 0.3) is 11.0 Å². The van der Waals surface area contributed by atoms with Gasteiger partial charge in [0.15, 0.2) is 0 Å². The monoisotopic (exact) mass is 333 g/mol. The van der Waals surface area contributed by atoms with Crippen molar-refractivity contribution in [1.29, 1.82) is 0 Å². The van der Waals surface area contributed by atoms with Crippen molar-refractivity contribution in [2.24, 2.45) is 0 Å². The highest BCUT2D eigenvalue weighted by atomic mass is 19.1. The highest BCUT2D eigenvalue weighted by Crippen LogP contribution is 2.38. The first kappa shape index (κ1) is 15.8. The van der Waals surface area contributed by atoms with Crippen LogP contribution in [-0.2, 0) is 4.74 Å². The van der Waals surface area contributed by atoms with Crippen LogP contribution in [0.4, 0.5) is 4.39 Å². The van der Waals surface area contributed by atoms with Crippen molar-refractivity contribution in [3.63, 3.8) is 0 Å². The van der Waals surface area contributed by atoms with E-state index in [0.29, 0.717) is 25.4 Å². The minimum absolute atomic E-state index is 0.257. The van der Waals surface area contributed by atoms with Crippen molar-refractivity contribution in [2.45, 2.75) is 50.5 Å². The number of nitrogens with zero attached hydrogens (tertiary/aromatic N) is 1. The van der Waals surface area contributed by atoms with Gasteiger partial charge < -0.3 is 19.8 Å². The van der Waals surface area contributed by atoms with Gasteiger partial charge in [-0.15, -0.1) is 0 Å². The van der Waals surface area contributed by atoms with Crippen LogP contribution < -0.4 is 10.1 Å². The largest absolute Gasteiger partial charge is 0.485 e. The molecular weight excluding hydrogens is 309 g/mol. The Hall–Kier alpha value is -1.66. The number of fused-ring (bicyclic) bond motifs is 1. The van der Waals surface area contributed by atoms with Crippen LogP contribution in [0.3, 0.4) is 0 Å². The molecule has 130 valence electrons. The number of hydrogen-bond acceptors (Lipinski definition) is 4. The molecule has 0 aliphatic carbocycles. The summed E-state index contributed by atoms with van der Waals surface area (Å²) in [7, 11) is 0. The zero-order valence-corrected chi connectivity index (χ0v) is 13.9. The van der Waals surface area contributed by atoms with Gasteiger partial charge in [-0.05, 0) is 50.3 Å². The molecule has 2 aromatic heterocycles. The number of aromatic amines is 1. The predicted octanol–water partition coefficient (Wildman–Crippen LogP) is 2.92. The average molecular weight is 333 g/mol. The highest BCUT2D eigenvalue weighted by molar-refractivity contribution is 5.86. The number of alkyl halides is 1. The van der Waals surface area contributed by atoms with E-state index in [1.807, 2.05) is 12.3 Å². The summed E-state index contributed by atoms with van der Waals surface area (Å²) in [6.45, 7) is 4.13. The van der Waals surface area contributed by atoms with Crippen LogP contribution >= 0.6 is 0 Å². The zero-order chi connectivity index (χ0) is 16.5. The van der Waals surface area contributed by atoms with Gasteiger partial charge in [0.05, 0.1) is 11.5 Å². The molecule has 6 heteroatoms. The molecule has 4 rings (SSSR count). The molecule has 0 saturated carbocycles. The molecule has 24 heavy (non-hydrogen) atoms. The third-order valence-corrected chi connectivity index (χ3v) is 5.11. The van der Waals surface area contributed by atoms with Gasteiger partial charge in [-0.3, -0.25) is 0 Å². The lowest BCUT2D eigenvalue weighted by atomic mass is 9.89. The molecule has 2 aliphatic heterocycles. The number of halogens is 1. The first-order chi connectivity index (χ1) is 11.7. The topological polar surface area (TPSA) is 59.2 Å². The Labute approximate surface area is 140 Å². The minimum Gasteiger partial charge on any atom is -0.485 e. The zero-order valence-electron chi connectivity index (χ0n) is 13.9. The third kappa shape index (κ3) is 3.00. The minimum atomic E-state index is -0.931. The maximum atomic E-state index is 14.2. The van der Waals surface area contributed by atoms with E-state index in [-0.39, 0.29) is 6.10 Å². The van der Waals surface area contributed by atoms with Crippen LogP contribution in [0, 0.1) is 0 Å². The summed E-state index contributed by atoms with van der Waals surface area (Å²) in [6, 6.07) is 1.85. The Morgan fingerprint density at radius 1 is 1.38 bits per heavy atom. The highest BCUT2D eigenvalue weighted by Gasteiger charge is 2.29. The van der Waals surface area contributed by atoms with Crippen LogP contribution in [0.1, 0.15) is 37.7 Å². The van der Waals surface area contributed by atoms with E-state index >= 15 is 0 Å². The van der Waals surface area contributed by atoms with E-state index in [1.54, 1.807) is 6.20 Å². The maximum Gasteiger partial charge on any atom is 0.142 e. The van der Waals surface area contributed by atoms with Crippen LogP contribution in [0.2, 0.25) is 0 Å². The quantitative estimate of drug-likeness (QED) is 0.907. The molecule has 0 aromatic carbocycles. The Morgan fingerprint density at radius 3 is 3.12 bits per heavy atom. The summed E-state index contributed by atoms with van der Waals surface area (Å²) in [5.41, 5.74) is 2.02. The lowest BCUT2D eigenvalue weighted by molar-refractivity contribution is 0.0188. The molecule has 2 fully saturated rings. The van der Waals surface area contributed by atoms with E-state index < -0.39 is 12.3 Å². The van der Waals surface area contributed by atoms with Crippen molar-refractivity contribution in [3.8, 4) is 5.75 Å². The number of pyridine rings is 1. The normalized spacial score (nSPS) is 31.2. The fourth-order valence-electron chi connectivity index (χ4n) is 3.83. The predicted molar refractivity (Wildman–Crippen MR) is 90.3 cm³/mol. The standard InChI is InChI=1S/C18H24FN3O2/c1-11-8-12(4-7-23-11)13-9-22-18-17(13)15(3-6-21-18)24-16-10-20-5-2-14(16)19/h3,6,9,11-12,14,16,20H,2,4-5,7-8,10H2,1H3,(H,21,22)/t11?,12?,14-,16+/m1/s1. The summed E-state index contributed by atoms with van der Waals surface area (Å²) in [4.78, 5) is 7.66. The summed E-state index contributed by atoms with van der Waals surface area (Å²) in [6.07, 6.45) is 5.09. The van der Waals surface area contributed by atoms with E-state index in [2.05, 4.69) is 22.2 Å². The van der Waals surface area contributed by atoms with E-state index in [4.69, 9.17) is 9.47 Å². The Bertz CT molecular complexity index is 705. The molecule has 0 radical (unpaired) electrons. The third-order valence-electron chi connectivity index (χ3n) is 5.11. The summed E-state index contributed by atoms with van der Waals surface area (Å²) in [5, 5.41) is 4.20. The first-order valence-electron chi connectivity index (χ1n) is 8.81. The van der Waals surface area contributed by atoms with Crippen molar-refractivity contribution < 1.29 is 13.9 Å². The second kappa shape index (κ2) is 6.69. The number of nitrogens with one attached hydrogen (secondary N) is 2. The van der Waals surface area contributed by atoms with Crippen molar-refractivity contribution in [3.05, 3.63) is 24.0 Å². The number of rotatable bonds is 3. The molecule has 2 saturated heterocycles. The smallest absolute Gasteiger partial charge is 0.142 e. The Kier molecular flexibility index (Phi) is 4.41. The number of hydrogen-bond donors (Lipinski definition) is 2. The van der Waals surface area contributed by atoms with Crippen molar-refractivity contribution in [2.75, 3.05) is 19.7 Å². The number of H-pyrrole nitrogens is 1. The van der Waals surface area contributed by atoms with Gasteiger partial charge in [0, 0.05) is 25.5 Å². The number of piperidine rings is 1. The van der Waals surface area contributed by atoms with E-state index in [1.165, 1.54) is 5.56 Å². The second-order valence-corrected chi connectivity index (χ2v) is 6.84. The van der Waals surface area contributed by atoms with Crippen molar-refractivity contribution in [1.82, 2.24) is 15.3 Å². The molecular formula is C18H24FN3O2. The van der Waals surface area contributed by atoms with Gasteiger partial charge in [-0.2, -0.15) is 0 Å². The Balaban J connectivity index is 1.66. The fourth-order valence-corrected chi connectivity index (χ4v) is 3.83. The summed E-state index contributed by atoms with van der Waals surface area (Å²) >= 11 is 0. The Morgan fingerprint density at radius 2 is 2.29 bits per heavy atom. The van der Waals surface area contributed by atoms with Gasteiger partial charge in [0.1, 0.15) is 23.7 Å². The first-order valence-corrected chi connectivity index (χ1v) is 8.81. The van der Waals surface area contributed by atoms with E-state index in [0.717, 1.165) is 36.2 Å². The maximum absolute atomic E-state index is 14.2. The molecule has 5 nitrogen and oxygen atoms in total. The molecule has 2 unspecified atom stereocenters.